The van der Waals surface area contributed by atoms with Crippen LogP contribution in [0.5, 0.6) is 0 Å². The maximum atomic E-state index is 11.9. The highest BCUT2D eigenvalue weighted by Gasteiger charge is 2.10. The van der Waals surface area contributed by atoms with E-state index in [2.05, 4.69) is 10.3 Å². The van der Waals surface area contributed by atoms with E-state index in [1.807, 2.05) is 24.3 Å². The number of benzene rings is 2. The van der Waals surface area contributed by atoms with Crippen molar-refractivity contribution < 1.29 is 19.1 Å². The monoisotopic (exact) mass is 414 g/mol. The van der Waals surface area contributed by atoms with E-state index < -0.39 is 11.9 Å². The van der Waals surface area contributed by atoms with Gasteiger partial charge in [-0.05, 0) is 31.2 Å². The van der Waals surface area contributed by atoms with Crippen molar-refractivity contribution in [3.05, 3.63) is 54.1 Å². The number of carbonyl (C=O) groups is 3. The largest absolute Gasteiger partial charge is 0.456 e. The average molecular weight is 415 g/mol. The summed E-state index contributed by atoms with van der Waals surface area (Å²) in [4.78, 5) is 39.6. The van der Waals surface area contributed by atoms with Gasteiger partial charge in [0, 0.05) is 17.0 Å². The molecule has 0 saturated heterocycles. The van der Waals surface area contributed by atoms with E-state index >= 15 is 0 Å². The minimum atomic E-state index is -0.451. The van der Waals surface area contributed by atoms with Crippen molar-refractivity contribution in [3.8, 4) is 0 Å². The van der Waals surface area contributed by atoms with Crippen molar-refractivity contribution >= 4 is 56.7 Å². The Labute approximate surface area is 170 Å². The van der Waals surface area contributed by atoms with Gasteiger partial charge in [-0.25, -0.2) is 4.98 Å². The molecule has 144 valence electrons. The van der Waals surface area contributed by atoms with Crippen LogP contribution in [-0.2, 0) is 14.3 Å². The summed E-state index contributed by atoms with van der Waals surface area (Å²) in [6.07, 6.45) is 0.188. The molecule has 0 radical (unpaired) electrons. The fourth-order valence-corrected chi connectivity index (χ4v) is 4.42. The highest BCUT2D eigenvalue weighted by atomic mass is 32.2. The average Bonchev–Trinajstić information content (AvgIpc) is 3.09. The van der Waals surface area contributed by atoms with E-state index in [0.717, 1.165) is 14.6 Å². The third-order valence-corrected chi connectivity index (χ3v) is 5.90. The van der Waals surface area contributed by atoms with Crippen molar-refractivity contribution in [1.29, 1.82) is 0 Å². The van der Waals surface area contributed by atoms with Crippen LogP contribution >= 0.6 is 23.1 Å². The van der Waals surface area contributed by atoms with E-state index in [4.69, 9.17) is 4.74 Å². The number of ketones is 1. The molecule has 6 nitrogen and oxygen atoms in total. The molecule has 1 aromatic heterocycles. The zero-order chi connectivity index (χ0) is 19.9. The predicted molar refractivity (Wildman–Crippen MR) is 111 cm³/mol. The van der Waals surface area contributed by atoms with Gasteiger partial charge in [-0.1, -0.05) is 36.0 Å². The number of thiazole rings is 1. The Morgan fingerprint density at radius 3 is 2.75 bits per heavy atom. The lowest BCUT2D eigenvalue weighted by Crippen LogP contribution is -2.21. The minimum Gasteiger partial charge on any atom is -0.456 e. The van der Waals surface area contributed by atoms with E-state index in [-0.39, 0.29) is 18.8 Å². The van der Waals surface area contributed by atoms with Gasteiger partial charge in [-0.2, -0.15) is 0 Å². The normalized spacial score (nSPS) is 10.6. The molecule has 0 fully saturated rings. The molecule has 0 unspecified atom stereocenters. The molecule has 1 amide bonds. The predicted octanol–water partition coefficient (Wildman–Crippen LogP) is 4.16. The van der Waals surface area contributed by atoms with Gasteiger partial charge in [0.15, 0.2) is 16.7 Å². The Morgan fingerprint density at radius 1 is 1.14 bits per heavy atom. The van der Waals surface area contributed by atoms with Crippen LogP contribution in [0.25, 0.3) is 10.2 Å². The van der Waals surface area contributed by atoms with Gasteiger partial charge in [0.1, 0.15) is 0 Å². The number of ether oxygens (including phenoxy) is 1. The van der Waals surface area contributed by atoms with Crippen LogP contribution in [0.4, 0.5) is 5.69 Å². The molecule has 0 spiro atoms. The van der Waals surface area contributed by atoms with Crippen LogP contribution in [0.15, 0.2) is 52.9 Å². The molecule has 1 N–H and O–H groups in total. The SMILES string of the molecule is CC(=O)c1cccc(NC(=O)COC(=O)CCSc2nc3ccccc3s2)c1. The molecule has 0 aliphatic rings. The number of thioether (sulfide) groups is 1. The standard InChI is InChI=1S/C20H18N2O4S2/c1-13(23)14-5-4-6-15(11-14)21-18(24)12-26-19(25)9-10-27-20-22-16-7-2-3-8-17(16)28-20/h2-8,11H,9-10,12H2,1H3,(H,21,24). The second kappa shape index (κ2) is 9.48. The summed E-state index contributed by atoms with van der Waals surface area (Å²) in [5, 5.41) is 2.61. The smallest absolute Gasteiger partial charge is 0.307 e. The van der Waals surface area contributed by atoms with Crippen LogP contribution in [0.3, 0.4) is 0 Å². The number of anilines is 1. The molecule has 0 bridgehead atoms. The molecule has 3 rings (SSSR count). The zero-order valence-corrected chi connectivity index (χ0v) is 16.8. The van der Waals surface area contributed by atoms with Gasteiger partial charge in [0.2, 0.25) is 0 Å². The zero-order valence-electron chi connectivity index (χ0n) is 15.1. The quantitative estimate of drug-likeness (QED) is 0.338. The van der Waals surface area contributed by atoms with E-state index in [0.29, 0.717) is 17.0 Å². The molecule has 28 heavy (non-hydrogen) atoms. The highest BCUT2D eigenvalue weighted by molar-refractivity contribution is 8.01. The number of esters is 1. The molecule has 8 heteroatoms. The summed E-state index contributed by atoms with van der Waals surface area (Å²) in [6, 6.07) is 14.5. The summed E-state index contributed by atoms with van der Waals surface area (Å²) >= 11 is 3.07. The topological polar surface area (TPSA) is 85.4 Å². The molecular formula is C20H18N2O4S2. The third-order valence-electron chi connectivity index (χ3n) is 3.72. The first-order chi connectivity index (χ1) is 13.5. The summed E-state index contributed by atoms with van der Waals surface area (Å²) in [5.41, 5.74) is 1.94. The van der Waals surface area contributed by atoms with E-state index in [1.165, 1.54) is 18.7 Å². The first-order valence-electron chi connectivity index (χ1n) is 8.56. The van der Waals surface area contributed by atoms with E-state index in [1.54, 1.807) is 35.6 Å². The lowest BCUT2D eigenvalue weighted by molar-refractivity contribution is -0.146. The fraction of sp³-hybridized carbons (Fsp3) is 0.200. The number of Topliss-reactive ketones (excluding diaryl/α,β-unsaturated/α-hetero) is 1. The Balaban J connectivity index is 1.39. The number of amides is 1. The van der Waals surface area contributed by atoms with Crippen molar-refractivity contribution in [2.24, 2.45) is 0 Å². The van der Waals surface area contributed by atoms with Crippen molar-refractivity contribution in [3.63, 3.8) is 0 Å². The van der Waals surface area contributed by atoms with Crippen LogP contribution in [0.2, 0.25) is 0 Å². The molecular weight excluding hydrogens is 396 g/mol. The number of hydrogen-bond donors (Lipinski definition) is 1. The number of nitrogens with one attached hydrogen (secondary N) is 1. The van der Waals surface area contributed by atoms with Gasteiger partial charge < -0.3 is 10.1 Å². The molecule has 0 aliphatic carbocycles. The molecule has 0 saturated carbocycles. The highest BCUT2D eigenvalue weighted by Crippen LogP contribution is 2.29. The first-order valence-corrected chi connectivity index (χ1v) is 10.4. The van der Waals surface area contributed by atoms with Crippen molar-refractivity contribution in [1.82, 2.24) is 4.98 Å². The number of nitrogens with zero attached hydrogens (tertiary/aromatic N) is 1. The Kier molecular flexibility index (Phi) is 6.78. The number of carbonyl (C=O) groups excluding carboxylic acids is 3. The molecule has 3 aromatic rings. The summed E-state index contributed by atoms with van der Waals surface area (Å²) in [6.45, 7) is 1.09. The maximum absolute atomic E-state index is 11.9. The fourth-order valence-electron chi connectivity index (χ4n) is 2.37. The molecule has 2 aromatic carbocycles. The van der Waals surface area contributed by atoms with Gasteiger partial charge in [0.25, 0.3) is 5.91 Å². The maximum Gasteiger partial charge on any atom is 0.307 e. The second-order valence-electron chi connectivity index (χ2n) is 5.89. The summed E-state index contributed by atoms with van der Waals surface area (Å²) in [5.74, 6) is -0.455. The summed E-state index contributed by atoms with van der Waals surface area (Å²) < 4.78 is 7.01. The van der Waals surface area contributed by atoms with Crippen LogP contribution in [0, 0.1) is 0 Å². The molecule has 0 atom stereocenters. The lowest BCUT2D eigenvalue weighted by atomic mass is 10.1. The first kappa shape index (κ1) is 20.0. The number of hydrogen-bond acceptors (Lipinski definition) is 7. The Morgan fingerprint density at radius 2 is 1.96 bits per heavy atom. The number of rotatable bonds is 8. The van der Waals surface area contributed by atoms with Crippen LogP contribution in [0.1, 0.15) is 23.7 Å². The number of para-hydroxylation sites is 1. The number of fused-ring (bicyclic) bond motifs is 1. The van der Waals surface area contributed by atoms with Gasteiger partial charge in [-0.3, -0.25) is 14.4 Å². The van der Waals surface area contributed by atoms with Gasteiger partial charge in [0.05, 0.1) is 16.6 Å². The van der Waals surface area contributed by atoms with Crippen LogP contribution < -0.4 is 5.32 Å². The van der Waals surface area contributed by atoms with Gasteiger partial charge in [-0.15, -0.1) is 11.3 Å². The van der Waals surface area contributed by atoms with Crippen molar-refractivity contribution in [2.45, 2.75) is 17.7 Å². The molecule has 1 heterocycles. The van der Waals surface area contributed by atoms with E-state index in [9.17, 15) is 14.4 Å². The lowest BCUT2D eigenvalue weighted by Gasteiger charge is -2.07. The Bertz CT molecular complexity index is 983. The van der Waals surface area contributed by atoms with Gasteiger partial charge >= 0.3 is 5.97 Å². The van der Waals surface area contributed by atoms with Crippen LogP contribution in [-0.4, -0.2) is 35.0 Å². The minimum absolute atomic E-state index is 0.0897. The van der Waals surface area contributed by atoms with Crippen molar-refractivity contribution in [2.75, 3.05) is 17.7 Å². The third kappa shape index (κ3) is 5.64. The second-order valence-corrected chi connectivity index (χ2v) is 8.26. The molecule has 0 aliphatic heterocycles. The summed E-state index contributed by atoms with van der Waals surface area (Å²) in [7, 11) is 0. The Hall–Kier alpha value is -2.71. The number of aromatic nitrogens is 1.